The average Bonchev–Trinajstić information content (AvgIpc) is 2.65. The Morgan fingerprint density at radius 1 is 1.04 bits per heavy atom. The number of ketones is 1. The van der Waals surface area contributed by atoms with Crippen molar-refractivity contribution in [3.05, 3.63) is 52.5 Å². The summed E-state index contributed by atoms with van der Waals surface area (Å²) >= 11 is 7.51. The highest BCUT2D eigenvalue weighted by molar-refractivity contribution is 7.98. The molecule has 2 aromatic rings. The van der Waals surface area contributed by atoms with Gasteiger partial charge in [0.2, 0.25) is 5.78 Å². The van der Waals surface area contributed by atoms with Crippen LogP contribution < -0.4 is 9.47 Å². The van der Waals surface area contributed by atoms with Gasteiger partial charge in [0.1, 0.15) is 11.5 Å². The zero-order chi connectivity index (χ0) is 18.4. The SMILES string of the molecule is COc1ccc(OC)c(C(=O)COC(=O)c2cc(SC)ccc2Cl)c1. The molecule has 0 atom stereocenters. The van der Waals surface area contributed by atoms with Crippen molar-refractivity contribution in [1.82, 2.24) is 0 Å². The third-order valence-corrected chi connectivity index (χ3v) is 4.49. The number of thioether (sulfide) groups is 1. The molecule has 0 aliphatic heterocycles. The van der Waals surface area contributed by atoms with Crippen LogP contribution in [0.15, 0.2) is 41.3 Å². The number of esters is 1. The number of hydrogen-bond donors (Lipinski definition) is 0. The third-order valence-electron chi connectivity index (χ3n) is 3.43. The lowest BCUT2D eigenvalue weighted by Crippen LogP contribution is -2.15. The van der Waals surface area contributed by atoms with E-state index in [1.807, 2.05) is 6.26 Å². The van der Waals surface area contributed by atoms with Crippen LogP contribution in [0.1, 0.15) is 20.7 Å². The number of halogens is 1. The highest BCUT2D eigenvalue weighted by Crippen LogP contribution is 2.26. The molecule has 0 N–H and O–H groups in total. The molecule has 132 valence electrons. The molecular formula is C18H17ClO5S. The van der Waals surface area contributed by atoms with Gasteiger partial charge < -0.3 is 14.2 Å². The maximum atomic E-state index is 12.4. The lowest BCUT2D eigenvalue weighted by Gasteiger charge is -2.11. The standard InChI is InChI=1S/C18H17ClO5S/c1-22-11-4-7-17(23-2)14(8-11)16(20)10-24-18(21)13-9-12(25-3)5-6-15(13)19/h4-9H,10H2,1-3H3. The minimum atomic E-state index is -0.656. The maximum absolute atomic E-state index is 12.4. The molecule has 0 aliphatic rings. The summed E-state index contributed by atoms with van der Waals surface area (Å²) in [5.74, 6) is -0.173. The van der Waals surface area contributed by atoms with Gasteiger partial charge in [0, 0.05) is 4.90 Å². The number of hydrogen-bond acceptors (Lipinski definition) is 6. The molecular weight excluding hydrogens is 364 g/mol. The number of ether oxygens (including phenoxy) is 3. The third kappa shape index (κ3) is 4.67. The predicted molar refractivity (Wildman–Crippen MR) is 97.4 cm³/mol. The van der Waals surface area contributed by atoms with Crippen molar-refractivity contribution in [3.63, 3.8) is 0 Å². The van der Waals surface area contributed by atoms with Gasteiger partial charge >= 0.3 is 5.97 Å². The van der Waals surface area contributed by atoms with Gasteiger partial charge in [-0.2, -0.15) is 0 Å². The van der Waals surface area contributed by atoms with Gasteiger partial charge in [-0.25, -0.2) is 4.79 Å². The molecule has 0 bridgehead atoms. The number of carbonyl (C=O) groups excluding carboxylic acids is 2. The summed E-state index contributed by atoms with van der Waals surface area (Å²) in [5, 5.41) is 0.272. The van der Waals surface area contributed by atoms with Crippen molar-refractivity contribution < 1.29 is 23.8 Å². The fourth-order valence-electron chi connectivity index (χ4n) is 2.11. The van der Waals surface area contributed by atoms with E-state index in [9.17, 15) is 9.59 Å². The van der Waals surface area contributed by atoms with Crippen LogP contribution >= 0.6 is 23.4 Å². The van der Waals surface area contributed by atoms with Crippen LogP contribution in [0.3, 0.4) is 0 Å². The highest BCUT2D eigenvalue weighted by atomic mass is 35.5. The number of rotatable bonds is 7. The molecule has 0 unspecified atom stereocenters. The topological polar surface area (TPSA) is 61.8 Å². The van der Waals surface area contributed by atoms with Crippen LogP contribution in [0.2, 0.25) is 5.02 Å². The second-order valence-corrected chi connectivity index (χ2v) is 6.20. The van der Waals surface area contributed by atoms with Crippen LogP contribution in [0, 0.1) is 0 Å². The van der Waals surface area contributed by atoms with Gasteiger partial charge in [-0.1, -0.05) is 11.6 Å². The average molecular weight is 381 g/mol. The van der Waals surface area contributed by atoms with Crippen molar-refractivity contribution in [2.75, 3.05) is 27.1 Å². The summed E-state index contributed by atoms with van der Waals surface area (Å²) in [6, 6.07) is 9.89. The van der Waals surface area contributed by atoms with E-state index in [1.165, 1.54) is 32.0 Å². The first-order valence-corrected chi connectivity index (χ1v) is 8.86. The van der Waals surface area contributed by atoms with Crippen LogP contribution in [0.4, 0.5) is 0 Å². The minimum absolute atomic E-state index is 0.221. The van der Waals surface area contributed by atoms with Crippen molar-refractivity contribution >= 4 is 35.1 Å². The summed E-state index contributed by atoms with van der Waals surface area (Å²) in [5.41, 5.74) is 0.498. The molecule has 0 amide bonds. The molecule has 25 heavy (non-hydrogen) atoms. The molecule has 5 nitrogen and oxygen atoms in total. The Hall–Kier alpha value is -2.18. The molecule has 7 heteroatoms. The summed E-state index contributed by atoms with van der Waals surface area (Å²) < 4.78 is 15.4. The quantitative estimate of drug-likeness (QED) is 0.409. The Labute approximate surface area is 155 Å². The summed E-state index contributed by atoms with van der Waals surface area (Å²) in [6.07, 6.45) is 1.89. The number of benzene rings is 2. The van der Waals surface area contributed by atoms with E-state index < -0.39 is 18.4 Å². The maximum Gasteiger partial charge on any atom is 0.340 e. The van der Waals surface area contributed by atoms with Crippen LogP contribution in [-0.4, -0.2) is 38.8 Å². The minimum Gasteiger partial charge on any atom is -0.497 e. The van der Waals surface area contributed by atoms with Crippen LogP contribution in [-0.2, 0) is 4.74 Å². The van der Waals surface area contributed by atoms with E-state index in [0.29, 0.717) is 11.5 Å². The van der Waals surface area contributed by atoms with E-state index >= 15 is 0 Å². The highest BCUT2D eigenvalue weighted by Gasteiger charge is 2.18. The molecule has 0 aromatic heterocycles. The fraction of sp³-hybridized carbons (Fsp3) is 0.222. The Kier molecular flexibility index (Phi) is 6.73. The molecule has 0 saturated heterocycles. The fourth-order valence-corrected chi connectivity index (χ4v) is 2.74. The van der Waals surface area contributed by atoms with Crippen molar-refractivity contribution in [3.8, 4) is 11.5 Å². The smallest absolute Gasteiger partial charge is 0.340 e. The van der Waals surface area contributed by atoms with E-state index in [1.54, 1.807) is 30.3 Å². The zero-order valence-corrected chi connectivity index (χ0v) is 15.6. The monoisotopic (exact) mass is 380 g/mol. The summed E-state index contributed by atoms with van der Waals surface area (Å²) in [4.78, 5) is 25.5. The Balaban J connectivity index is 2.13. The first kappa shape index (κ1) is 19.1. The summed E-state index contributed by atoms with van der Waals surface area (Å²) in [7, 11) is 2.95. The lowest BCUT2D eigenvalue weighted by molar-refractivity contribution is 0.0474. The van der Waals surface area contributed by atoms with Crippen molar-refractivity contribution in [1.29, 1.82) is 0 Å². The normalized spacial score (nSPS) is 10.2. The van der Waals surface area contributed by atoms with Gasteiger partial charge in [-0.05, 0) is 42.7 Å². The van der Waals surface area contributed by atoms with E-state index in [0.717, 1.165) is 4.90 Å². The number of methoxy groups -OCH3 is 2. The predicted octanol–water partition coefficient (Wildman–Crippen LogP) is 4.12. The first-order valence-electron chi connectivity index (χ1n) is 7.26. The summed E-state index contributed by atoms with van der Waals surface area (Å²) in [6.45, 7) is -0.428. The molecule has 0 heterocycles. The van der Waals surface area contributed by atoms with E-state index in [4.69, 9.17) is 25.8 Å². The number of carbonyl (C=O) groups is 2. The van der Waals surface area contributed by atoms with Gasteiger partial charge in [-0.3, -0.25) is 4.79 Å². The van der Waals surface area contributed by atoms with Gasteiger partial charge in [0.05, 0.1) is 30.4 Å². The Morgan fingerprint density at radius 3 is 2.44 bits per heavy atom. The second kappa shape index (κ2) is 8.78. The molecule has 0 fully saturated rings. The Morgan fingerprint density at radius 2 is 1.80 bits per heavy atom. The first-order chi connectivity index (χ1) is 12.0. The largest absolute Gasteiger partial charge is 0.497 e. The van der Waals surface area contributed by atoms with Gasteiger partial charge in [0.15, 0.2) is 6.61 Å². The Bertz CT molecular complexity index is 791. The van der Waals surface area contributed by atoms with Gasteiger partial charge in [0.25, 0.3) is 0 Å². The molecule has 0 spiro atoms. The molecule has 2 aromatic carbocycles. The zero-order valence-electron chi connectivity index (χ0n) is 14.0. The molecule has 0 saturated carbocycles. The van der Waals surface area contributed by atoms with Gasteiger partial charge in [-0.15, -0.1) is 11.8 Å². The van der Waals surface area contributed by atoms with Crippen LogP contribution in [0.5, 0.6) is 11.5 Å². The molecule has 0 radical (unpaired) electrons. The second-order valence-electron chi connectivity index (χ2n) is 4.91. The lowest BCUT2D eigenvalue weighted by atomic mass is 10.1. The van der Waals surface area contributed by atoms with E-state index in [2.05, 4.69) is 0 Å². The van der Waals surface area contributed by atoms with Crippen molar-refractivity contribution in [2.24, 2.45) is 0 Å². The number of Topliss-reactive ketones (excluding diaryl/α,β-unsaturated/α-hetero) is 1. The van der Waals surface area contributed by atoms with Crippen LogP contribution in [0.25, 0.3) is 0 Å². The van der Waals surface area contributed by atoms with E-state index in [-0.39, 0.29) is 16.1 Å². The molecule has 2 rings (SSSR count). The van der Waals surface area contributed by atoms with Crippen molar-refractivity contribution in [2.45, 2.75) is 4.90 Å². The molecule has 0 aliphatic carbocycles.